The van der Waals surface area contributed by atoms with Gasteiger partial charge in [0.1, 0.15) is 12.1 Å². The monoisotopic (exact) mass is 588 g/mol. The first-order valence-electron chi connectivity index (χ1n) is 12.6. The van der Waals surface area contributed by atoms with E-state index in [4.69, 9.17) is 4.74 Å². The maximum atomic E-state index is 14.8. The number of imidazole rings is 1. The topological polar surface area (TPSA) is 139 Å². The number of aromatic nitrogens is 3. The molecule has 1 aliphatic rings. The minimum atomic E-state index is -3.31. The lowest BCUT2D eigenvalue weighted by atomic mass is 10.0. The van der Waals surface area contributed by atoms with Gasteiger partial charge in [0.15, 0.2) is 23.0 Å². The van der Waals surface area contributed by atoms with Crippen LogP contribution in [0.3, 0.4) is 0 Å². The molecule has 42 heavy (non-hydrogen) atoms. The van der Waals surface area contributed by atoms with Crippen molar-refractivity contribution in [2.75, 3.05) is 25.1 Å². The molecule has 0 saturated carbocycles. The lowest BCUT2D eigenvalue weighted by Gasteiger charge is -2.24. The van der Waals surface area contributed by atoms with Gasteiger partial charge in [-0.2, -0.15) is 13.2 Å². The van der Waals surface area contributed by atoms with Crippen molar-refractivity contribution in [2.24, 2.45) is 0 Å². The molecule has 1 fully saturated rings. The second kappa shape index (κ2) is 11.5. The summed E-state index contributed by atoms with van der Waals surface area (Å²) < 4.78 is 64.5. The van der Waals surface area contributed by atoms with Gasteiger partial charge in [0.05, 0.1) is 18.5 Å². The maximum absolute atomic E-state index is 14.8. The number of amides is 2. The standard InChI is InChI=1S/C27H24F4N6O5/c1-2-14-9-15(3-4-16(14)24(39)34-11-27(12-38)13-41-26(40)36-27)35-22-23-33-10-18(37(23)8-7-32-22)17-5-6-19(42-25(30)31)21(29)20(17)28/h3-10,25,38H,2,11-13H2,1H3,(H,32,35)(H,34,39)(H,36,40). The molecule has 2 aromatic heterocycles. The molecule has 4 N–H and O–H groups in total. The zero-order valence-electron chi connectivity index (χ0n) is 22.0. The van der Waals surface area contributed by atoms with Crippen molar-refractivity contribution in [3.05, 3.63) is 71.7 Å². The smallest absolute Gasteiger partial charge is 0.407 e. The fourth-order valence-corrected chi connectivity index (χ4v) is 4.52. The van der Waals surface area contributed by atoms with Crippen LogP contribution in [0.15, 0.2) is 48.9 Å². The number of alkyl carbamates (subject to hydrolysis) is 1. The molecule has 0 bridgehead atoms. The summed E-state index contributed by atoms with van der Waals surface area (Å²) in [7, 11) is 0. The van der Waals surface area contributed by atoms with E-state index >= 15 is 0 Å². The van der Waals surface area contributed by atoms with Gasteiger partial charge in [0, 0.05) is 35.8 Å². The highest BCUT2D eigenvalue weighted by Crippen LogP contribution is 2.32. The van der Waals surface area contributed by atoms with E-state index in [1.165, 1.54) is 23.0 Å². The number of nitrogens with one attached hydrogen (secondary N) is 3. The van der Waals surface area contributed by atoms with E-state index in [1.807, 2.05) is 6.92 Å². The Hall–Kier alpha value is -4.92. The number of hydrogen-bond donors (Lipinski definition) is 4. The maximum Gasteiger partial charge on any atom is 0.407 e. The van der Waals surface area contributed by atoms with E-state index in [0.717, 1.165) is 12.1 Å². The number of cyclic esters (lactones) is 1. The predicted octanol–water partition coefficient (Wildman–Crippen LogP) is 3.78. The van der Waals surface area contributed by atoms with Gasteiger partial charge in [-0.3, -0.25) is 9.20 Å². The molecule has 1 aliphatic heterocycles. The Morgan fingerprint density at radius 1 is 1.24 bits per heavy atom. The number of fused-ring (bicyclic) bond motifs is 1. The second-order valence-corrected chi connectivity index (χ2v) is 9.40. The van der Waals surface area contributed by atoms with Crippen molar-refractivity contribution < 1.29 is 41.7 Å². The number of aliphatic hydroxyl groups excluding tert-OH is 1. The van der Waals surface area contributed by atoms with Crippen molar-refractivity contribution in [1.82, 2.24) is 25.0 Å². The number of ether oxygens (including phenoxy) is 2. The molecule has 220 valence electrons. The van der Waals surface area contributed by atoms with Gasteiger partial charge in [-0.15, -0.1) is 0 Å². The third kappa shape index (κ3) is 5.50. The fraction of sp³-hybridized carbons (Fsp3) is 0.259. The largest absolute Gasteiger partial charge is 0.447 e. The van der Waals surface area contributed by atoms with Crippen molar-refractivity contribution >= 4 is 29.2 Å². The molecule has 2 amide bonds. The van der Waals surface area contributed by atoms with Crippen molar-refractivity contribution in [3.63, 3.8) is 0 Å². The molecule has 1 atom stereocenters. The molecule has 1 saturated heterocycles. The van der Waals surface area contributed by atoms with Crippen LogP contribution in [0.25, 0.3) is 16.9 Å². The van der Waals surface area contributed by atoms with E-state index in [0.29, 0.717) is 23.2 Å². The van der Waals surface area contributed by atoms with Gasteiger partial charge in [0.25, 0.3) is 5.91 Å². The van der Waals surface area contributed by atoms with Crippen LogP contribution >= 0.6 is 0 Å². The number of nitrogens with zero attached hydrogens (tertiary/aromatic N) is 3. The van der Waals surface area contributed by atoms with Crippen LogP contribution in [0.1, 0.15) is 22.8 Å². The molecule has 3 heterocycles. The lowest BCUT2D eigenvalue weighted by molar-refractivity contribution is -0.0525. The number of carbonyl (C=O) groups is 2. The molecule has 2 aromatic carbocycles. The Morgan fingerprint density at radius 3 is 2.74 bits per heavy atom. The predicted molar refractivity (Wildman–Crippen MR) is 141 cm³/mol. The number of carbonyl (C=O) groups excluding carboxylic acids is 2. The molecule has 0 spiro atoms. The summed E-state index contributed by atoms with van der Waals surface area (Å²) in [4.78, 5) is 32.9. The number of alkyl halides is 2. The normalized spacial score (nSPS) is 16.4. The van der Waals surface area contributed by atoms with Crippen LogP contribution in [-0.2, 0) is 11.2 Å². The molecule has 15 heteroatoms. The van der Waals surface area contributed by atoms with Gasteiger partial charge in [0.2, 0.25) is 5.82 Å². The number of hydrogen-bond acceptors (Lipinski definition) is 8. The van der Waals surface area contributed by atoms with Gasteiger partial charge in [-0.25, -0.2) is 19.2 Å². The van der Waals surface area contributed by atoms with Crippen LogP contribution in [0.5, 0.6) is 5.75 Å². The van der Waals surface area contributed by atoms with Crippen LogP contribution in [-0.4, -0.2) is 63.4 Å². The average molecular weight is 589 g/mol. The zero-order chi connectivity index (χ0) is 30.0. The summed E-state index contributed by atoms with van der Waals surface area (Å²) in [6.45, 7) is -2.00. The Labute approximate surface area is 235 Å². The molecule has 5 rings (SSSR count). The molecular formula is C27H24F4N6O5. The van der Waals surface area contributed by atoms with E-state index in [1.54, 1.807) is 18.2 Å². The lowest BCUT2D eigenvalue weighted by Crippen LogP contribution is -2.55. The Balaban J connectivity index is 1.37. The summed E-state index contributed by atoms with van der Waals surface area (Å²) in [6, 6.07) is 7.00. The minimum Gasteiger partial charge on any atom is -0.447 e. The Kier molecular flexibility index (Phi) is 7.85. The van der Waals surface area contributed by atoms with Crippen LogP contribution < -0.4 is 20.7 Å². The molecule has 4 aromatic rings. The Morgan fingerprint density at radius 2 is 2.05 bits per heavy atom. The first-order valence-corrected chi connectivity index (χ1v) is 12.6. The SMILES string of the molecule is CCc1cc(Nc2nccn3c(-c4ccc(OC(F)F)c(F)c4F)cnc23)ccc1C(=O)NCC1(CO)COC(=O)N1. The van der Waals surface area contributed by atoms with Gasteiger partial charge >= 0.3 is 12.7 Å². The quantitative estimate of drug-likeness (QED) is 0.205. The van der Waals surface area contributed by atoms with Gasteiger partial charge in [-0.1, -0.05) is 6.92 Å². The third-order valence-electron chi connectivity index (χ3n) is 6.70. The minimum absolute atomic E-state index is 0.0438. The van der Waals surface area contributed by atoms with E-state index in [9.17, 15) is 32.3 Å². The van der Waals surface area contributed by atoms with Gasteiger partial charge in [-0.05, 0) is 42.3 Å². The molecular weight excluding hydrogens is 564 g/mol. The first kappa shape index (κ1) is 28.6. The summed E-state index contributed by atoms with van der Waals surface area (Å²) >= 11 is 0. The van der Waals surface area contributed by atoms with Crippen molar-refractivity contribution in [2.45, 2.75) is 25.5 Å². The summed E-state index contributed by atoms with van der Waals surface area (Å²) in [5, 5.41) is 18.0. The zero-order valence-corrected chi connectivity index (χ0v) is 22.0. The highest BCUT2D eigenvalue weighted by molar-refractivity contribution is 5.96. The number of halogens is 4. The first-order chi connectivity index (χ1) is 20.1. The van der Waals surface area contributed by atoms with Crippen LogP contribution in [0.2, 0.25) is 0 Å². The molecule has 11 nitrogen and oxygen atoms in total. The van der Waals surface area contributed by atoms with Crippen molar-refractivity contribution in [1.29, 1.82) is 0 Å². The fourth-order valence-electron chi connectivity index (χ4n) is 4.52. The highest BCUT2D eigenvalue weighted by Gasteiger charge is 2.39. The van der Waals surface area contributed by atoms with E-state index in [-0.39, 0.29) is 35.9 Å². The molecule has 0 radical (unpaired) electrons. The number of benzene rings is 2. The average Bonchev–Trinajstić information content (AvgIpc) is 3.58. The number of aryl methyl sites for hydroxylation is 1. The summed E-state index contributed by atoms with van der Waals surface area (Å²) in [5.74, 6) is -4.00. The second-order valence-electron chi connectivity index (χ2n) is 9.40. The highest BCUT2D eigenvalue weighted by atomic mass is 19.3. The number of aliphatic hydroxyl groups is 1. The number of anilines is 2. The van der Waals surface area contributed by atoms with Crippen LogP contribution in [0.4, 0.5) is 33.9 Å². The number of rotatable bonds is 10. The summed E-state index contributed by atoms with van der Waals surface area (Å²) in [5.41, 5.74) is 0.687. The molecule has 0 aliphatic carbocycles. The van der Waals surface area contributed by atoms with E-state index < -0.39 is 48.1 Å². The van der Waals surface area contributed by atoms with Gasteiger partial charge < -0.3 is 30.5 Å². The van der Waals surface area contributed by atoms with Crippen molar-refractivity contribution in [3.8, 4) is 17.0 Å². The van der Waals surface area contributed by atoms with E-state index in [2.05, 4.69) is 30.7 Å². The molecule has 1 unspecified atom stereocenters. The Bertz CT molecular complexity index is 1670. The van der Waals surface area contributed by atoms with Crippen LogP contribution in [0, 0.1) is 11.6 Å². The summed E-state index contributed by atoms with van der Waals surface area (Å²) in [6.07, 6.45) is 3.99. The third-order valence-corrected chi connectivity index (χ3v) is 6.70.